The van der Waals surface area contributed by atoms with Crippen LogP contribution in [0, 0.1) is 0 Å². The van der Waals surface area contributed by atoms with E-state index in [1.807, 2.05) is 0 Å². The lowest BCUT2D eigenvalue weighted by molar-refractivity contribution is -0.108. The Balaban J connectivity index is 3.85. The quantitative estimate of drug-likeness (QED) is 0.572. The van der Waals surface area contributed by atoms with E-state index >= 15 is 0 Å². The molecular weight excluding hydrogens is 134 g/mol. The van der Waals surface area contributed by atoms with Crippen molar-refractivity contribution in [3.63, 3.8) is 0 Å². The van der Waals surface area contributed by atoms with E-state index in [9.17, 15) is 9.59 Å². The lowest BCUT2D eigenvalue weighted by atomic mass is 10.0. The first-order valence-corrected chi connectivity index (χ1v) is 2.93. The van der Waals surface area contributed by atoms with Crippen molar-refractivity contribution >= 4 is 12.4 Å². The van der Waals surface area contributed by atoms with Crippen LogP contribution in [0.4, 0.5) is 4.79 Å². The monoisotopic (exact) mass is 145 g/mol. The van der Waals surface area contributed by atoms with Crippen LogP contribution >= 0.6 is 0 Å². The number of rotatable bonds is 3. The van der Waals surface area contributed by atoms with Gasteiger partial charge in [0.25, 0.3) is 0 Å². The third kappa shape index (κ3) is 3.88. The van der Waals surface area contributed by atoms with Gasteiger partial charge in [-0.3, -0.25) is 0 Å². The van der Waals surface area contributed by atoms with Gasteiger partial charge in [-0.25, -0.2) is 4.79 Å². The zero-order chi connectivity index (χ0) is 8.20. The topological polar surface area (TPSA) is 66.4 Å². The lowest BCUT2D eigenvalue weighted by Crippen LogP contribution is -2.42. The third-order valence-corrected chi connectivity index (χ3v) is 1.04. The minimum absolute atomic E-state index is 0.194. The second kappa shape index (κ2) is 3.20. The first-order valence-electron chi connectivity index (χ1n) is 2.93. The summed E-state index contributed by atoms with van der Waals surface area (Å²) in [7, 11) is 0. The van der Waals surface area contributed by atoms with Gasteiger partial charge < -0.3 is 15.2 Å². The number of hydrogen-bond donors (Lipinski definition) is 2. The summed E-state index contributed by atoms with van der Waals surface area (Å²) in [5.41, 5.74) is -0.645. The van der Waals surface area contributed by atoms with Gasteiger partial charge in [0.05, 0.1) is 0 Å². The molecule has 0 spiro atoms. The molecule has 0 aliphatic heterocycles. The fraction of sp³-hybridized carbons (Fsp3) is 0.667. The minimum Gasteiger partial charge on any atom is -0.465 e. The minimum atomic E-state index is -1.10. The van der Waals surface area contributed by atoms with E-state index in [2.05, 4.69) is 5.32 Å². The summed E-state index contributed by atoms with van der Waals surface area (Å²) in [5.74, 6) is 0. The fourth-order valence-electron chi connectivity index (χ4n) is 0.549. The van der Waals surface area contributed by atoms with Crippen molar-refractivity contribution < 1.29 is 14.7 Å². The van der Waals surface area contributed by atoms with Crippen LogP contribution in [0.15, 0.2) is 0 Å². The van der Waals surface area contributed by atoms with Crippen LogP contribution in [-0.4, -0.2) is 23.0 Å². The van der Waals surface area contributed by atoms with Crippen LogP contribution in [0.25, 0.3) is 0 Å². The Bertz CT molecular complexity index is 142. The van der Waals surface area contributed by atoms with E-state index in [4.69, 9.17) is 5.11 Å². The molecule has 10 heavy (non-hydrogen) atoms. The molecule has 0 atom stereocenters. The molecule has 0 radical (unpaired) electrons. The zero-order valence-corrected chi connectivity index (χ0v) is 6.05. The summed E-state index contributed by atoms with van der Waals surface area (Å²) in [5, 5.41) is 10.5. The Labute approximate surface area is 59.2 Å². The van der Waals surface area contributed by atoms with Crippen LogP contribution in [0.3, 0.4) is 0 Å². The van der Waals surface area contributed by atoms with Crippen LogP contribution in [0.5, 0.6) is 0 Å². The maximum absolute atomic E-state index is 10.1. The summed E-state index contributed by atoms with van der Waals surface area (Å²) in [4.78, 5) is 20.0. The molecule has 58 valence electrons. The first kappa shape index (κ1) is 8.94. The van der Waals surface area contributed by atoms with Crippen molar-refractivity contribution in [3.05, 3.63) is 0 Å². The van der Waals surface area contributed by atoms with E-state index < -0.39 is 11.6 Å². The van der Waals surface area contributed by atoms with E-state index in [0.29, 0.717) is 6.29 Å². The maximum Gasteiger partial charge on any atom is 0.405 e. The van der Waals surface area contributed by atoms with Gasteiger partial charge in [-0.05, 0) is 13.8 Å². The SMILES string of the molecule is CC(C)(CC=O)NC(=O)O. The van der Waals surface area contributed by atoms with Crippen molar-refractivity contribution in [3.8, 4) is 0 Å². The summed E-state index contributed by atoms with van der Waals surface area (Å²) < 4.78 is 0. The average Bonchev–Trinajstić information content (AvgIpc) is 1.59. The van der Waals surface area contributed by atoms with Gasteiger partial charge in [-0.15, -0.1) is 0 Å². The van der Waals surface area contributed by atoms with Gasteiger partial charge in [0.2, 0.25) is 0 Å². The van der Waals surface area contributed by atoms with E-state index in [1.165, 1.54) is 0 Å². The van der Waals surface area contributed by atoms with Crippen molar-refractivity contribution in [2.45, 2.75) is 25.8 Å². The Morgan fingerprint density at radius 3 is 2.50 bits per heavy atom. The highest BCUT2D eigenvalue weighted by molar-refractivity contribution is 5.66. The van der Waals surface area contributed by atoms with Crippen molar-refractivity contribution in [2.75, 3.05) is 0 Å². The van der Waals surface area contributed by atoms with Gasteiger partial charge in [0, 0.05) is 12.0 Å². The number of aldehydes is 1. The standard InChI is InChI=1S/C6H11NO3/c1-6(2,3-4-8)7-5(9)10/h4,7H,3H2,1-2H3,(H,9,10). The average molecular weight is 145 g/mol. The van der Waals surface area contributed by atoms with Crippen LogP contribution < -0.4 is 5.32 Å². The molecule has 0 rings (SSSR count). The smallest absolute Gasteiger partial charge is 0.405 e. The highest BCUT2D eigenvalue weighted by Gasteiger charge is 2.18. The second-order valence-electron chi connectivity index (χ2n) is 2.68. The molecule has 2 N–H and O–H groups in total. The number of carboxylic acid groups (broad SMARTS) is 1. The van der Waals surface area contributed by atoms with E-state index in [1.54, 1.807) is 13.8 Å². The molecule has 0 unspecified atom stereocenters. The summed E-state index contributed by atoms with van der Waals surface area (Å²) >= 11 is 0. The molecule has 0 fully saturated rings. The number of carbonyl (C=O) groups is 2. The normalized spacial score (nSPS) is 10.6. The summed E-state index contributed by atoms with van der Waals surface area (Å²) in [6.45, 7) is 3.30. The second-order valence-corrected chi connectivity index (χ2v) is 2.68. The van der Waals surface area contributed by atoms with Crippen LogP contribution in [0.1, 0.15) is 20.3 Å². The largest absolute Gasteiger partial charge is 0.465 e. The molecule has 0 aliphatic rings. The van der Waals surface area contributed by atoms with Gasteiger partial charge in [0.15, 0.2) is 0 Å². The number of hydrogen-bond acceptors (Lipinski definition) is 2. The zero-order valence-electron chi connectivity index (χ0n) is 6.05. The van der Waals surface area contributed by atoms with Crippen LogP contribution in [0.2, 0.25) is 0 Å². The Kier molecular flexibility index (Phi) is 2.86. The molecule has 0 aromatic rings. The van der Waals surface area contributed by atoms with Gasteiger partial charge in [-0.2, -0.15) is 0 Å². The van der Waals surface area contributed by atoms with E-state index in [-0.39, 0.29) is 6.42 Å². The molecule has 0 aliphatic carbocycles. The number of nitrogens with one attached hydrogen (secondary N) is 1. The third-order valence-electron chi connectivity index (χ3n) is 1.04. The molecular formula is C6H11NO3. The lowest BCUT2D eigenvalue weighted by Gasteiger charge is -2.20. The first-order chi connectivity index (χ1) is 4.48. The fourth-order valence-corrected chi connectivity index (χ4v) is 0.549. The van der Waals surface area contributed by atoms with Crippen molar-refractivity contribution in [1.82, 2.24) is 5.32 Å². The summed E-state index contributed by atoms with van der Waals surface area (Å²) in [6, 6.07) is 0. The molecule has 0 heterocycles. The van der Waals surface area contributed by atoms with Gasteiger partial charge >= 0.3 is 6.09 Å². The maximum atomic E-state index is 10.1. The van der Waals surface area contributed by atoms with Crippen molar-refractivity contribution in [1.29, 1.82) is 0 Å². The Morgan fingerprint density at radius 2 is 2.20 bits per heavy atom. The molecule has 0 saturated heterocycles. The predicted molar refractivity (Wildman–Crippen MR) is 35.9 cm³/mol. The Morgan fingerprint density at radius 1 is 1.70 bits per heavy atom. The van der Waals surface area contributed by atoms with Gasteiger partial charge in [-0.1, -0.05) is 0 Å². The Hall–Kier alpha value is -1.06. The van der Waals surface area contributed by atoms with Gasteiger partial charge in [0.1, 0.15) is 6.29 Å². The van der Waals surface area contributed by atoms with Crippen LogP contribution in [-0.2, 0) is 4.79 Å². The molecule has 0 aromatic heterocycles. The van der Waals surface area contributed by atoms with E-state index in [0.717, 1.165) is 0 Å². The molecule has 0 saturated carbocycles. The molecule has 4 heteroatoms. The highest BCUT2D eigenvalue weighted by Crippen LogP contribution is 2.04. The molecule has 0 aromatic carbocycles. The molecule has 1 amide bonds. The van der Waals surface area contributed by atoms with Crippen molar-refractivity contribution in [2.24, 2.45) is 0 Å². The highest BCUT2D eigenvalue weighted by atomic mass is 16.4. The molecule has 4 nitrogen and oxygen atoms in total. The molecule has 0 bridgehead atoms. The number of amides is 1. The number of carbonyl (C=O) groups excluding carboxylic acids is 1. The summed E-state index contributed by atoms with van der Waals surface area (Å²) in [6.07, 6.45) is -0.221. The predicted octanol–water partition coefficient (Wildman–Crippen LogP) is 0.622.